The lowest BCUT2D eigenvalue weighted by molar-refractivity contribution is -0.123. The van der Waals surface area contributed by atoms with Gasteiger partial charge in [0.15, 0.2) is 0 Å². The third kappa shape index (κ3) is 7.03. The molecular weight excluding hydrogens is 384 g/mol. The summed E-state index contributed by atoms with van der Waals surface area (Å²) in [6.45, 7) is 8.39. The number of amides is 1. The second-order valence-corrected chi connectivity index (χ2v) is 8.66. The van der Waals surface area contributed by atoms with Crippen LogP contribution in [0.15, 0.2) is 66.7 Å². The highest BCUT2D eigenvalue weighted by Crippen LogP contribution is 2.13. The van der Waals surface area contributed by atoms with Crippen LogP contribution in [0.3, 0.4) is 0 Å². The van der Waals surface area contributed by atoms with Gasteiger partial charge < -0.3 is 5.32 Å². The van der Waals surface area contributed by atoms with E-state index in [1.165, 1.54) is 11.1 Å². The number of rotatable bonds is 8. The first-order valence-electron chi connectivity index (χ1n) is 11.5. The first-order chi connectivity index (χ1) is 15.2. The Bertz CT molecular complexity index is 831. The lowest BCUT2D eigenvalue weighted by Gasteiger charge is -2.33. The zero-order valence-electron chi connectivity index (χ0n) is 18.3. The van der Waals surface area contributed by atoms with E-state index < -0.39 is 0 Å². The molecule has 0 aliphatic carbocycles. The molecule has 1 amide bonds. The molecule has 2 aliphatic heterocycles. The van der Waals surface area contributed by atoms with Gasteiger partial charge in [-0.25, -0.2) is 0 Å². The minimum absolute atomic E-state index is 0.170. The van der Waals surface area contributed by atoms with Crippen LogP contribution in [-0.2, 0) is 11.3 Å². The molecule has 0 saturated carbocycles. The van der Waals surface area contributed by atoms with E-state index in [0.717, 1.165) is 58.8 Å². The summed E-state index contributed by atoms with van der Waals surface area (Å²) in [6, 6.07) is 21.3. The highest BCUT2D eigenvalue weighted by atomic mass is 16.2. The summed E-state index contributed by atoms with van der Waals surface area (Å²) >= 11 is 0. The minimum Gasteiger partial charge on any atom is -0.351 e. The molecule has 1 unspecified atom stereocenters. The highest BCUT2D eigenvalue weighted by Gasteiger charge is 2.25. The lowest BCUT2D eigenvalue weighted by atomic mass is 10.2. The Balaban J connectivity index is 1.12. The summed E-state index contributed by atoms with van der Waals surface area (Å²) in [5.41, 5.74) is 2.58. The van der Waals surface area contributed by atoms with Crippen LogP contribution in [0.2, 0.25) is 0 Å². The van der Waals surface area contributed by atoms with E-state index in [4.69, 9.17) is 0 Å². The fourth-order valence-electron chi connectivity index (χ4n) is 4.44. The number of hydrogen-bond donors (Lipinski definition) is 1. The summed E-state index contributed by atoms with van der Waals surface area (Å²) in [5, 5.41) is 3.26. The van der Waals surface area contributed by atoms with E-state index in [-0.39, 0.29) is 11.9 Å². The van der Waals surface area contributed by atoms with Gasteiger partial charge in [-0.3, -0.25) is 19.5 Å². The van der Waals surface area contributed by atoms with E-state index in [1.54, 1.807) is 0 Å². The average Bonchev–Trinajstić information content (AvgIpc) is 3.23. The number of carbonyl (C=O) groups excluding carboxylic acids is 1. The predicted molar refractivity (Wildman–Crippen MR) is 127 cm³/mol. The first kappa shape index (κ1) is 21.8. The fourth-order valence-corrected chi connectivity index (χ4v) is 4.44. The number of piperazine rings is 1. The number of nitrogens with one attached hydrogen (secondary N) is 1. The topological polar surface area (TPSA) is 38.8 Å². The molecule has 2 saturated heterocycles. The Morgan fingerprint density at radius 2 is 1.55 bits per heavy atom. The Morgan fingerprint density at radius 3 is 2.29 bits per heavy atom. The minimum atomic E-state index is 0.170. The molecule has 4 rings (SSSR count). The number of nitrogens with zero attached hydrogens (tertiary/aromatic N) is 3. The summed E-state index contributed by atoms with van der Waals surface area (Å²) in [5.74, 6) is 0.170. The number of likely N-dealkylation sites (tertiary alicyclic amines) is 1. The molecule has 31 heavy (non-hydrogen) atoms. The van der Waals surface area contributed by atoms with Crippen molar-refractivity contribution in [2.75, 3.05) is 52.4 Å². The Morgan fingerprint density at radius 1 is 0.871 bits per heavy atom. The molecule has 5 heteroatoms. The molecular formula is C26H34N4O. The molecule has 2 aliphatic rings. The smallest absolute Gasteiger partial charge is 0.234 e. The van der Waals surface area contributed by atoms with Gasteiger partial charge in [0.2, 0.25) is 5.91 Å². The Kier molecular flexibility index (Phi) is 7.88. The number of hydrogen-bond acceptors (Lipinski definition) is 4. The van der Waals surface area contributed by atoms with E-state index in [0.29, 0.717) is 6.54 Å². The van der Waals surface area contributed by atoms with Crippen molar-refractivity contribution in [3.05, 3.63) is 77.9 Å². The molecule has 0 aromatic heterocycles. The molecule has 2 heterocycles. The Hall–Kier alpha value is -2.47. The van der Waals surface area contributed by atoms with Crippen molar-refractivity contribution in [1.82, 2.24) is 20.0 Å². The SMILES string of the molecule is O=C(CN1CCN(C/C=C/c2ccccc2)CC1)NC1CCN(Cc2ccccc2)C1. The van der Waals surface area contributed by atoms with Crippen LogP contribution in [0.1, 0.15) is 17.5 Å². The van der Waals surface area contributed by atoms with Crippen molar-refractivity contribution in [2.45, 2.75) is 19.0 Å². The highest BCUT2D eigenvalue weighted by molar-refractivity contribution is 5.78. The van der Waals surface area contributed by atoms with Crippen molar-refractivity contribution in [2.24, 2.45) is 0 Å². The van der Waals surface area contributed by atoms with Crippen LogP contribution < -0.4 is 5.32 Å². The molecule has 164 valence electrons. The second-order valence-electron chi connectivity index (χ2n) is 8.66. The van der Waals surface area contributed by atoms with Gasteiger partial charge in [-0.15, -0.1) is 0 Å². The summed E-state index contributed by atoms with van der Waals surface area (Å²) < 4.78 is 0. The first-order valence-corrected chi connectivity index (χ1v) is 11.5. The van der Waals surface area contributed by atoms with Crippen molar-refractivity contribution in [3.8, 4) is 0 Å². The molecule has 5 nitrogen and oxygen atoms in total. The van der Waals surface area contributed by atoms with Crippen molar-refractivity contribution in [3.63, 3.8) is 0 Å². The number of benzene rings is 2. The van der Waals surface area contributed by atoms with E-state index in [9.17, 15) is 4.79 Å². The van der Waals surface area contributed by atoms with Crippen LogP contribution in [0, 0.1) is 0 Å². The zero-order valence-corrected chi connectivity index (χ0v) is 18.3. The molecule has 2 fully saturated rings. The quantitative estimate of drug-likeness (QED) is 0.716. The summed E-state index contributed by atoms with van der Waals surface area (Å²) in [7, 11) is 0. The maximum absolute atomic E-state index is 12.5. The Labute approximate surface area is 186 Å². The predicted octanol–water partition coefficient (Wildman–Crippen LogP) is 2.71. The zero-order chi connectivity index (χ0) is 21.3. The molecule has 2 aromatic carbocycles. The molecule has 0 radical (unpaired) electrons. The van der Waals surface area contributed by atoms with Crippen molar-refractivity contribution >= 4 is 12.0 Å². The molecule has 1 atom stereocenters. The normalized spacial score (nSPS) is 21.0. The van der Waals surface area contributed by atoms with Gasteiger partial charge in [0.25, 0.3) is 0 Å². The molecule has 0 bridgehead atoms. The monoisotopic (exact) mass is 418 g/mol. The van der Waals surface area contributed by atoms with Gasteiger partial charge in [0, 0.05) is 58.4 Å². The van der Waals surface area contributed by atoms with E-state index in [2.05, 4.69) is 86.8 Å². The van der Waals surface area contributed by atoms with Gasteiger partial charge >= 0.3 is 0 Å². The van der Waals surface area contributed by atoms with Crippen LogP contribution in [0.25, 0.3) is 6.08 Å². The van der Waals surface area contributed by atoms with Gasteiger partial charge in [0.05, 0.1) is 6.54 Å². The van der Waals surface area contributed by atoms with Crippen molar-refractivity contribution < 1.29 is 4.79 Å². The van der Waals surface area contributed by atoms with E-state index in [1.807, 2.05) is 6.07 Å². The maximum atomic E-state index is 12.5. The average molecular weight is 419 g/mol. The molecule has 2 aromatic rings. The maximum Gasteiger partial charge on any atom is 0.234 e. The standard InChI is InChI=1S/C26H34N4O/c31-26(27-25-13-15-30(21-25)20-24-10-5-2-6-11-24)22-29-18-16-28(17-19-29)14-7-12-23-8-3-1-4-9-23/h1-12,25H,13-22H2,(H,27,31)/b12-7+. The third-order valence-electron chi connectivity index (χ3n) is 6.19. The van der Waals surface area contributed by atoms with E-state index >= 15 is 0 Å². The van der Waals surface area contributed by atoms with Gasteiger partial charge in [0.1, 0.15) is 0 Å². The number of carbonyl (C=O) groups is 1. The largest absolute Gasteiger partial charge is 0.351 e. The van der Waals surface area contributed by atoms with Crippen LogP contribution in [-0.4, -0.2) is 79.0 Å². The van der Waals surface area contributed by atoms with Gasteiger partial charge in [-0.1, -0.05) is 72.8 Å². The summed E-state index contributed by atoms with van der Waals surface area (Å²) in [4.78, 5) is 19.7. The molecule has 0 spiro atoms. The van der Waals surface area contributed by atoms with Gasteiger partial charge in [-0.05, 0) is 17.5 Å². The fraction of sp³-hybridized carbons (Fsp3) is 0.423. The van der Waals surface area contributed by atoms with Gasteiger partial charge in [-0.2, -0.15) is 0 Å². The van der Waals surface area contributed by atoms with Crippen LogP contribution in [0.5, 0.6) is 0 Å². The lowest BCUT2D eigenvalue weighted by Crippen LogP contribution is -2.50. The molecule has 1 N–H and O–H groups in total. The third-order valence-corrected chi connectivity index (χ3v) is 6.19. The van der Waals surface area contributed by atoms with Crippen molar-refractivity contribution in [1.29, 1.82) is 0 Å². The second kappa shape index (κ2) is 11.2. The van der Waals surface area contributed by atoms with Crippen LogP contribution in [0.4, 0.5) is 0 Å². The van der Waals surface area contributed by atoms with Crippen LogP contribution >= 0.6 is 0 Å². The summed E-state index contributed by atoms with van der Waals surface area (Å²) in [6.07, 6.45) is 5.46.